The summed E-state index contributed by atoms with van der Waals surface area (Å²) in [7, 11) is 1.62. The molecule has 1 fully saturated rings. The van der Waals surface area contributed by atoms with Gasteiger partial charge < -0.3 is 4.84 Å². The summed E-state index contributed by atoms with van der Waals surface area (Å²) >= 11 is 0. The van der Waals surface area contributed by atoms with Crippen molar-refractivity contribution in [2.45, 2.75) is 19.8 Å². The molecule has 0 unspecified atom stereocenters. The minimum Gasteiger partial charge on any atom is -0.399 e. The minimum atomic E-state index is 0.653. The fraction of sp³-hybridized carbons (Fsp3) is 0.700. The van der Waals surface area contributed by atoms with Crippen molar-refractivity contribution in [2.75, 3.05) is 7.11 Å². The van der Waals surface area contributed by atoms with Gasteiger partial charge >= 0.3 is 0 Å². The highest BCUT2D eigenvalue weighted by Crippen LogP contribution is 2.43. The topological polar surface area (TPSA) is 21.6 Å². The second-order valence-electron chi connectivity index (χ2n) is 3.80. The maximum absolute atomic E-state index is 4.79. The molecular weight excluding hydrogens is 150 g/mol. The van der Waals surface area contributed by atoms with Crippen molar-refractivity contribution in [1.82, 2.24) is 0 Å². The summed E-state index contributed by atoms with van der Waals surface area (Å²) in [6, 6.07) is 0. The monoisotopic (exact) mass is 165 g/mol. The second kappa shape index (κ2) is 2.92. The van der Waals surface area contributed by atoms with Crippen molar-refractivity contribution in [3.05, 3.63) is 12.2 Å². The molecule has 2 bridgehead atoms. The fourth-order valence-corrected chi connectivity index (χ4v) is 2.47. The highest BCUT2D eigenvalue weighted by atomic mass is 16.6. The number of allylic oxidation sites excluding steroid dienone is 2. The largest absolute Gasteiger partial charge is 0.399 e. The van der Waals surface area contributed by atoms with Gasteiger partial charge in [-0.3, -0.25) is 0 Å². The maximum Gasteiger partial charge on any atom is 0.106 e. The van der Waals surface area contributed by atoms with Gasteiger partial charge in [-0.05, 0) is 31.6 Å². The summed E-state index contributed by atoms with van der Waals surface area (Å²) in [5.74, 6) is 2.22. The van der Waals surface area contributed by atoms with Gasteiger partial charge in [0.1, 0.15) is 7.11 Å². The van der Waals surface area contributed by atoms with Gasteiger partial charge in [-0.1, -0.05) is 17.3 Å². The predicted octanol–water partition coefficient (Wildman–Crippen LogP) is 2.22. The van der Waals surface area contributed by atoms with Gasteiger partial charge in [-0.25, -0.2) is 0 Å². The molecule has 2 heteroatoms. The first-order valence-corrected chi connectivity index (χ1v) is 4.57. The SMILES string of the molecule is CO/N=C(/C)[C@H]1C[C@H]2C=C[C@@H]1C2. The number of fused-ring (bicyclic) bond motifs is 2. The van der Waals surface area contributed by atoms with Crippen molar-refractivity contribution in [2.24, 2.45) is 22.9 Å². The number of hydrogen-bond donors (Lipinski definition) is 0. The molecular formula is C10H15NO. The summed E-state index contributed by atoms with van der Waals surface area (Å²) in [5.41, 5.74) is 1.16. The Labute approximate surface area is 73.3 Å². The Morgan fingerprint density at radius 3 is 2.75 bits per heavy atom. The zero-order chi connectivity index (χ0) is 8.55. The molecule has 0 N–H and O–H groups in total. The second-order valence-corrected chi connectivity index (χ2v) is 3.80. The van der Waals surface area contributed by atoms with E-state index in [4.69, 9.17) is 4.84 Å². The molecule has 0 heterocycles. The van der Waals surface area contributed by atoms with E-state index in [-0.39, 0.29) is 0 Å². The van der Waals surface area contributed by atoms with Crippen LogP contribution in [-0.4, -0.2) is 12.8 Å². The zero-order valence-electron chi connectivity index (χ0n) is 7.66. The van der Waals surface area contributed by atoms with E-state index in [1.807, 2.05) is 0 Å². The molecule has 0 aromatic heterocycles. The Morgan fingerprint density at radius 2 is 2.25 bits per heavy atom. The smallest absolute Gasteiger partial charge is 0.106 e. The lowest BCUT2D eigenvalue weighted by molar-refractivity contribution is 0.210. The molecule has 12 heavy (non-hydrogen) atoms. The molecule has 0 saturated heterocycles. The molecule has 0 radical (unpaired) electrons. The number of oxime groups is 1. The Balaban J connectivity index is 2.07. The van der Waals surface area contributed by atoms with Crippen LogP contribution in [0.5, 0.6) is 0 Å². The minimum absolute atomic E-state index is 0.653. The lowest BCUT2D eigenvalue weighted by Gasteiger charge is -2.16. The molecule has 66 valence electrons. The summed E-state index contributed by atoms with van der Waals surface area (Å²) < 4.78 is 0. The number of rotatable bonds is 2. The van der Waals surface area contributed by atoms with Crippen LogP contribution in [0.3, 0.4) is 0 Å². The Bertz CT molecular complexity index is 232. The van der Waals surface area contributed by atoms with Gasteiger partial charge in [0.25, 0.3) is 0 Å². The van der Waals surface area contributed by atoms with Gasteiger partial charge in [0.05, 0.1) is 5.71 Å². The molecule has 0 aromatic rings. The molecule has 3 atom stereocenters. The molecule has 0 amide bonds. The van der Waals surface area contributed by atoms with Crippen LogP contribution in [0.15, 0.2) is 17.3 Å². The Kier molecular flexibility index (Phi) is 1.91. The van der Waals surface area contributed by atoms with E-state index < -0.39 is 0 Å². The number of hydrogen-bond acceptors (Lipinski definition) is 2. The summed E-state index contributed by atoms with van der Waals surface area (Å²) in [6.07, 6.45) is 7.30. The van der Waals surface area contributed by atoms with Crippen LogP contribution in [-0.2, 0) is 4.84 Å². The van der Waals surface area contributed by atoms with Crippen molar-refractivity contribution < 1.29 is 4.84 Å². The third-order valence-corrected chi connectivity index (χ3v) is 3.05. The lowest BCUT2D eigenvalue weighted by atomic mass is 9.90. The molecule has 2 rings (SSSR count). The van der Waals surface area contributed by atoms with Crippen molar-refractivity contribution in [1.29, 1.82) is 0 Å². The van der Waals surface area contributed by atoms with E-state index in [9.17, 15) is 0 Å². The summed E-state index contributed by atoms with van der Waals surface area (Å²) in [6.45, 7) is 2.07. The van der Waals surface area contributed by atoms with Crippen LogP contribution in [0.2, 0.25) is 0 Å². The average Bonchev–Trinajstić information content (AvgIpc) is 2.64. The first-order valence-electron chi connectivity index (χ1n) is 4.57. The van der Waals surface area contributed by atoms with Crippen LogP contribution >= 0.6 is 0 Å². The molecule has 2 nitrogen and oxygen atoms in total. The van der Waals surface area contributed by atoms with E-state index in [1.54, 1.807) is 7.11 Å². The molecule has 0 aromatic carbocycles. The van der Waals surface area contributed by atoms with Crippen molar-refractivity contribution in [3.63, 3.8) is 0 Å². The quantitative estimate of drug-likeness (QED) is 0.349. The van der Waals surface area contributed by atoms with Crippen LogP contribution in [0.1, 0.15) is 19.8 Å². The van der Waals surface area contributed by atoms with Crippen LogP contribution < -0.4 is 0 Å². The predicted molar refractivity (Wildman–Crippen MR) is 49.0 cm³/mol. The van der Waals surface area contributed by atoms with Gasteiger partial charge in [0.15, 0.2) is 0 Å². The molecule has 0 aliphatic heterocycles. The van der Waals surface area contributed by atoms with E-state index in [2.05, 4.69) is 24.2 Å². The van der Waals surface area contributed by atoms with Gasteiger partial charge in [-0.2, -0.15) is 0 Å². The van der Waals surface area contributed by atoms with Crippen LogP contribution in [0.25, 0.3) is 0 Å². The molecule has 0 spiro atoms. The van der Waals surface area contributed by atoms with E-state index in [1.165, 1.54) is 12.8 Å². The maximum atomic E-state index is 4.79. The van der Waals surface area contributed by atoms with E-state index >= 15 is 0 Å². The zero-order valence-corrected chi connectivity index (χ0v) is 7.66. The van der Waals surface area contributed by atoms with Crippen LogP contribution in [0, 0.1) is 17.8 Å². The summed E-state index contributed by atoms with van der Waals surface area (Å²) in [4.78, 5) is 4.79. The third kappa shape index (κ3) is 1.15. The highest BCUT2D eigenvalue weighted by molar-refractivity contribution is 5.85. The first-order chi connectivity index (χ1) is 5.81. The number of nitrogens with zero attached hydrogens (tertiary/aromatic N) is 1. The molecule has 1 saturated carbocycles. The van der Waals surface area contributed by atoms with Crippen molar-refractivity contribution >= 4 is 5.71 Å². The normalized spacial score (nSPS) is 39.2. The first kappa shape index (κ1) is 7.84. The van der Waals surface area contributed by atoms with Gasteiger partial charge in [0, 0.05) is 5.92 Å². The van der Waals surface area contributed by atoms with Gasteiger partial charge in [0.2, 0.25) is 0 Å². The lowest BCUT2D eigenvalue weighted by Crippen LogP contribution is -2.16. The van der Waals surface area contributed by atoms with Gasteiger partial charge in [-0.15, -0.1) is 0 Å². The van der Waals surface area contributed by atoms with E-state index in [0.29, 0.717) is 5.92 Å². The fourth-order valence-electron chi connectivity index (χ4n) is 2.47. The Hall–Kier alpha value is -0.790. The molecule has 2 aliphatic carbocycles. The molecule has 2 aliphatic rings. The summed E-state index contributed by atoms with van der Waals surface area (Å²) in [5, 5.41) is 4.01. The Morgan fingerprint density at radius 1 is 1.42 bits per heavy atom. The van der Waals surface area contributed by atoms with Crippen molar-refractivity contribution in [3.8, 4) is 0 Å². The standard InChI is InChI=1S/C10H15NO/c1-7(11-12-2)10-6-8-3-4-9(10)5-8/h3-4,8-10H,5-6H2,1-2H3/b11-7-/t8-,9+,10+/m0/s1. The third-order valence-electron chi connectivity index (χ3n) is 3.05. The average molecular weight is 165 g/mol. The van der Waals surface area contributed by atoms with Crippen LogP contribution in [0.4, 0.5) is 0 Å². The van der Waals surface area contributed by atoms with E-state index in [0.717, 1.165) is 17.5 Å². The highest BCUT2D eigenvalue weighted by Gasteiger charge is 2.37.